The first-order valence-corrected chi connectivity index (χ1v) is 7.35. The van der Waals surface area contributed by atoms with Crippen molar-refractivity contribution in [3.63, 3.8) is 0 Å². The molecule has 1 amide bonds. The van der Waals surface area contributed by atoms with Gasteiger partial charge in [0.15, 0.2) is 6.04 Å². The molecule has 21 heavy (non-hydrogen) atoms. The second-order valence-electron chi connectivity index (χ2n) is 4.84. The lowest BCUT2D eigenvalue weighted by Crippen LogP contribution is -2.43. The number of aliphatic carboxylic acids is 1. The molecule has 0 radical (unpaired) electrons. The zero-order chi connectivity index (χ0) is 15.0. The Hall–Kier alpha value is -2.34. The fraction of sp³-hybridized carbons (Fsp3) is 0.200. The van der Waals surface area contributed by atoms with E-state index in [1.54, 1.807) is 6.07 Å². The number of hydrogen-bond acceptors (Lipinski definition) is 4. The molecule has 6 heteroatoms. The highest BCUT2D eigenvalue weighted by atomic mass is 32.1. The number of phenolic OH excluding ortho intramolecular Hbond substituents is 1. The molecule has 0 saturated heterocycles. The molecule has 1 aromatic heterocycles. The Labute approximate surface area is 125 Å². The third-order valence-electron chi connectivity index (χ3n) is 3.57. The van der Waals surface area contributed by atoms with Gasteiger partial charge in [-0.25, -0.2) is 4.79 Å². The molecule has 3 rings (SSSR count). The van der Waals surface area contributed by atoms with Crippen LogP contribution in [0.3, 0.4) is 0 Å². The van der Waals surface area contributed by atoms with Crippen molar-refractivity contribution in [1.29, 1.82) is 0 Å². The Morgan fingerprint density at radius 3 is 2.57 bits per heavy atom. The molecule has 1 unspecified atom stereocenters. The number of benzene rings is 1. The summed E-state index contributed by atoms with van der Waals surface area (Å²) in [4.78, 5) is 26.5. The molecule has 2 N–H and O–H groups in total. The van der Waals surface area contributed by atoms with Crippen LogP contribution in [0.15, 0.2) is 35.7 Å². The monoisotopic (exact) mass is 303 g/mol. The van der Waals surface area contributed by atoms with Crippen molar-refractivity contribution in [2.45, 2.75) is 12.5 Å². The first-order valence-electron chi connectivity index (χ1n) is 6.47. The van der Waals surface area contributed by atoms with Crippen molar-refractivity contribution in [3.05, 3.63) is 51.7 Å². The van der Waals surface area contributed by atoms with E-state index in [1.165, 1.54) is 40.5 Å². The summed E-state index contributed by atoms with van der Waals surface area (Å²) in [6.07, 6.45) is 0.667. The number of carboxylic acids is 1. The fourth-order valence-electron chi connectivity index (χ4n) is 2.57. The van der Waals surface area contributed by atoms with E-state index in [0.717, 1.165) is 4.88 Å². The van der Waals surface area contributed by atoms with E-state index in [1.807, 2.05) is 5.38 Å². The molecule has 5 nitrogen and oxygen atoms in total. The van der Waals surface area contributed by atoms with E-state index in [9.17, 15) is 19.8 Å². The Morgan fingerprint density at radius 1 is 1.19 bits per heavy atom. The molecule has 0 saturated carbocycles. The molecule has 1 aliphatic rings. The van der Waals surface area contributed by atoms with Gasteiger partial charge in [-0.15, -0.1) is 11.3 Å². The predicted octanol–water partition coefficient (Wildman–Crippen LogP) is 2.28. The van der Waals surface area contributed by atoms with Gasteiger partial charge in [-0.2, -0.15) is 0 Å². The smallest absolute Gasteiger partial charge is 0.331 e. The molecule has 1 atom stereocenters. The lowest BCUT2D eigenvalue weighted by molar-refractivity contribution is -0.142. The molecule has 0 fully saturated rings. The summed E-state index contributed by atoms with van der Waals surface area (Å²) in [5.41, 5.74) is 1.07. The van der Waals surface area contributed by atoms with Gasteiger partial charge >= 0.3 is 5.97 Å². The number of rotatable bonds is 2. The Kier molecular flexibility index (Phi) is 3.39. The van der Waals surface area contributed by atoms with Crippen molar-refractivity contribution in [2.24, 2.45) is 0 Å². The molecule has 0 bridgehead atoms. The summed E-state index contributed by atoms with van der Waals surface area (Å²) in [7, 11) is 0. The number of carboxylic acid groups (broad SMARTS) is 1. The third-order valence-corrected chi connectivity index (χ3v) is 4.57. The molecule has 0 spiro atoms. The highest BCUT2D eigenvalue weighted by Gasteiger charge is 2.36. The van der Waals surface area contributed by atoms with Gasteiger partial charge in [-0.3, -0.25) is 4.79 Å². The summed E-state index contributed by atoms with van der Waals surface area (Å²) >= 11 is 1.52. The summed E-state index contributed by atoms with van der Waals surface area (Å²) in [6.45, 7) is 0.379. The van der Waals surface area contributed by atoms with Gasteiger partial charge < -0.3 is 15.1 Å². The van der Waals surface area contributed by atoms with Gasteiger partial charge in [0, 0.05) is 17.0 Å². The summed E-state index contributed by atoms with van der Waals surface area (Å²) in [5, 5.41) is 20.6. The van der Waals surface area contributed by atoms with E-state index >= 15 is 0 Å². The predicted molar refractivity (Wildman–Crippen MR) is 77.5 cm³/mol. The molecular formula is C15H13NO4S. The third kappa shape index (κ3) is 2.38. The second kappa shape index (κ2) is 5.21. The van der Waals surface area contributed by atoms with Gasteiger partial charge in [0.05, 0.1) is 0 Å². The highest BCUT2D eigenvalue weighted by Crippen LogP contribution is 2.34. The number of nitrogens with zero attached hydrogens (tertiary/aromatic N) is 1. The number of fused-ring (bicyclic) bond motifs is 1. The molecule has 2 aromatic rings. The average molecular weight is 303 g/mol. The molecule has 0 aliphatic carbocycles. The van der Waals surface area contributed by atoms with Gasteiger partial charge in [0.2, 0.25) is 0 Å². The Balaban J connectivity index is 1.96. The zero-order valence-corrected chi connectivity index (χ0v) is 11.8. The SMILES string of the molecule is O=C(O)C1c2ccsc2CCN1C(=O)c1ccc(O)cc1. The van der Waals surface area contributed by atoms with E-state index in [4.69, 9.17) is 0 Å². The summed E-state index contributed by atoms with van der Waals surface area (Å²) in [5.74, 6) is -1.29. The van der Waals surface area contributed by atoms with Crippen LogP contribution < -0.4 is 0 Å². The minimum Gasteiger partial charge on any atom is -0.508 e. The molecule has 2 heterocycles. The van der Waals surface area contributed by atoms with Crippen molar-refractivity contribution >= 4 is 23.2 Å². The zero-order valence-electron chi connectivity index (χ0n) is 11.0. The van der Waals surface area contributed by atoms with Crippen LogP contribution in [0, 0.1) is 0 Å². The number of phenols is 1. The number of thiophene rings is 1. The van der Waals surface area contributed by atoms with E-state index < -0.39 is 12.0 Å². The van der Waals surface area contributed by atoms with Gasteiger partial charge in [0.1, 0.15) is 5.75 Å². The number of hydrogen-bond donors (Lipinski definition) is 2. The van der Waals surface area contributed by atoms with Crippen LogP contribution in [0.1, 0.15) is 26.8 Å². The first-order chi connectivity index (χ1) is 10.1. The van der Waals surface area contributed by atoms with Crippen molar-refractivity contribution < 1.29 is 19.8 Å². The minimum absolute atomic E-state index is 0.0695. The maximum Gasteiger partial charge on any atom is 0.331 e. The number of amides is 1. The number of carbonyl (C=O) groups excluding carboxylic acids is 1. The second-order valence-corrected chi connectivity index (χ2v) is 5.84. The molecular weight excluding hydrogens is 290 g/mol. The maximum absolute atomic E-state index is 12.5. The van der Waals surface area contributed by atoms with Crippen LogP contribution in [0.2, 0.25) is 0 Å². The normalized spacial score (nSPS) is 17.3. The molecule has 1 aliphatic heterocycles. The number of aromatic hydroxyl groups is 1. The Bertz CT molecular complexity index is 692. The van der Waals surface area contributed by atoms with Gasteiger partial charge in [-0.05, 0) is 47.7 Å². The molecule has 1 aromatic carbocycles. The van der Waals surface area contributed by atoms with Crippen LogP contribution in [0.4, 0.5) is 0 Å². The van der Waals surface area contributed by atoms with Crippen molar-refractivity contribution in [3.8, 4) is 5.75 Å². The van der Waals surface area contributed by atoms with Gasteiger partial charge in [-0.1, -0.05) is 0 Å². The lowest BCUT2D eigenvalue weighted by Gasteiger charge is -2.33. The quantitative estimate of drug-likeness (QED) is 0.892. The fourth-order valence-corrected chi connectivity index (χ4v) is 3.48. The van der Waals surface area contributed by atoms with Crippen molar-refractivity contribution in [2.75, 3.05) is 6.54 Å². The van der Waals surface area contributed by atoms with Crippen LogP contribution in [0.5, 0.6) is 5.75 Å². The summed E-state index contributed by atoms with van der Waals surface area (Å²) < 4.78 is 0. The Morgan fingerprint density at radius 2 is 1.90 bits per heavy atom. The largest absolute Gasteiger partial charge is 0.508 e. The lowest BCUT2D eigenvalue weighted by atomic mass is 9.99. The van der Waals surface area contributed by atoms with E-state index in [2.05, 4.69) is 0 Å². The van der Waals surface area contributed by atoms with Crippen molar-refractivity contribution in [1.82, 2.24) is 4.90 Å². The maximum atomic E-state index is 12.5. The first kappa shape index (κ1) is 13.6. The van der Waals surface area contributed by atoms with Crippen LogP contribution in [-0.2, 0) is 11.2 Å². The van der Waals surface area contributed by atoms with Crippen LogP contribution in [0.25, 0.3) is 0 Å². The van der Waals surface area contributed by atoms with Crippen LogP contribution >= 0.6 is 11.3 Å². The van der Waals surface area contributed by atoms with E-state index in [0.29, 0.717) is 24.1 Å². The minimum atomic E-state index is -1.03. The topological polar surface area (TPSA) is 77.8 Å². The van der Waals surface area contributed by atoms with E-state index in [-0.39, 0.29) is 11.7 Å². The van der Waals surface area contributed by atoms with Crippen LogP contribution in [-0.4, -0.2) is 33.5 Å². The molecule has 108 valence electrons. The highest BCUT2D eigenvalue weighted by molar-refractivity contribution is 7.10. The number of carbonyl (C=O) groups is 2. The average Bonchev–Trinajstić information content (AvgIpc) is 2.94. The summed E-state index contributed by atoms with van der Waals surface area (Å²) in [6, 6.07) is 6.67. The standard InChI is InChI=1S/C15H13NO4S/c17-10-3-1-9(2-4-10)14(18)16-7-5-12-11(6-8-21-12)13(16)15(19)20/h1-4,6,8,13,17H,5,7H2,(H,19,20). The van der Waals surface area contributed by atoms with Gasteiger partial charge in [0.25, 0.3) is 5.91 Å².